The molecular formula is C15H15BrN2O2. The second kappa shape index (κ2) is 6.52. The standard InChI is InChI=1S/C15H15BrN2O2/c1-2-18-10-13(7-8-15(18)20)17-14(19)9-11-3-5-12(16)6-4-11/h3-8,10H,2,9H2,1H3,(H,17,19). The molecule has 2 aromatic rings. The lowest BCUT2D eigenvalue weighted by Crippen LogP contribution is -2.20. The van der Waals surface area contributed by atoms with Gasteiger partial charge in [0.2, 0.25) is 5.91 Å². The zero-order valence-corrected chi connectivity index (χ0v) is 12.7. The van der Waals surface area contributed by atoms with Crippen LogP contribution in [0.4, 0.5) is 5.69 Å². The third kappa shape index (κ3) is 3.81. The minimum Gasteiger partial charge on any atom is -0.324 e. The van der Waals surface area contributed by atoms with Crippen molar-refractivity contribution in [1.29, 1.82) is 0 Å². The fourth-order valence-corrected chi connectivity index (χ4v) is 2.11. The number of rotatable bonds is 4. The van der Waals surface area contributed by atoms with Crippen molar-refractivity contribution in [2.24, 2.45) is 0 Å². The first kappa shape index (κ1) is 14.5. The maximum Gasteiger partial charge on any atom is 0.250 e. The van der Waals surface area contributed by atoms with Crippen LogP contribution in [0.2, 0.25) is 0 Å². The molecule has 0 fully saturated rings. The van der Waals surface area contributed by atoms with E-state index in [1.165, 1.54) is 6.07 Å². The molecule has 104 valence electrons. The van der Waals surface area contributed by atoms with Crippen molar-refractivity contribution < 1.29 is 4.79 Å². The van der Waals surface area contributed by atoms with E-state index in [2.05, 4.69) is 21.2 Å². The summed E-state index contributed by atoms with van der Waals surface area (Å²) < 4.78 is 2.53. The number of benzene rings is 1. The Bertz CT molecular complexity index is 662. The van der Waals surface area contributed by atoms with Gasteiger partial charge >= 0.3 is 0 Å². The number of pyridine rings is 1. The molecule has 4 nitrogen and oxygen atoms in total. The van der Waals surface area contributed by atoms with Gasteiger partial charge in [-0.2, -0.15) is 0 Å². The van der Waals surface area contributed by atoms with Gasteiger partial charge in [-0.3, -0.25) is 9.59 Å². The zero-order valence-electron chi connectivity index (χ0n) is 11.1. The fourth-order valence-electron chi connectivity index (χ4n) is 1.85. The lowest BCUT2D eigenvalue weighted by molar-refractivity contribution is -0.115. The SMILES string of the molecule is CCn1cc(NC(=O)Cc2ccc(Br)cc2)ccc1=O. The van der Waals surface area contributed by atoms with Gasteiger partial charge in [0.15, 0.2) is 0 Å². The fraction of sp³-hybridized carbons (Fsp3) is 0.200. The summed E-state index contributed by atoms with van der Waals surface area (Å²) in [4.78, 5) is 23.4. The molecule has 0 radical (unpaired) electrons. The number of hydrogen-bond acceptors (Lipinski definition) is 2. The molecular weight excluding hydrogens is 320 g/mol. The third-order valence-electron chi connectivity index (χ3n) is 2.89. The van der Waals surface area contributed by atoms with E-state index in [0.29, 0.717) is 18.7 Å². The van der Waals surface area contributed by atoms with Crippen molar-refractivity contribution in [3.8, 4) is 0 Å². The van der Waals surface area contributed by atoms with Crippen molar-refractivity contribution >= 4 is 27.5 Å². The molecule has 0 aliphatic rings. The number of carbonyl (C=O) groups is 1. The van der Waals surface area contributed by atoms with Crippen LogP contribution in [0.25, 0.3) is 0 Å². The van der Waals surface area contributed by atoms with Gasteiger partial charge in [-0.15, -0.1) is 0 Å². The summed E-state index contributed by atoms with van der Waals surface area (Å²) in [6.45, 7) is 2.46. The number of anilines is 1. The summed E-state index contributed by atoms with van der Waals surface area (Å²) in [7, 11) is 0. The lowest BCUT2D eigenvalue weighted by Gasteiger charge is -2.08. The Morgan fingerprint density at radius 2 is 1.90 bits per heavy atom. The van der Waals surface area contributed by atoms with Gasteiger partial charge in [0.05, 0.1) is 12.1 Å². The van der Waals surface area contributed by atoms with E-state index in [9.17, 15) is 9.59 Å². The largest absolute Gasteiger partial charge is 0.324 e. The van der Waals surface area contributed by atoms with Crippen LogP contribution in [0.1, 0.15) is 12.5 Å². The molecule has 5 heteroatoms. The molecule has 0 aliphatic carbocycles. The highest BCUT2D eigenvalue weighted by atomic mass is 79.9. The Morgan fingerprint density at radius 3 is 2.55 bits per heavy atom. The maximum atomic E-state index is 11.9. The molecule has 1 aromatic carbocycles. The van der Waals surface area contributed by atoms with E-state index in [4.69, 9.17) is 0 Å². The van der Waals surface area contributed by atoms with Crippen molar-refractivity contribution in [3.05, 3.63) is 63.0 Å². The molecule has 1 heterocycles. The molecule has 20 heavy (non-hydrogen) atoms. The number of halogens is 1. The predicted octanol–water partition coefficient (Wildman–Crippen LogP) is 2.81. The van der Waals surface area contributed by atoms with E-state index in [1.807, 2.05) is 31.2 Å². The number of carbonyl (C=O) groups excluding carboxylic acids is 1. The lowest BCUT2D eigenvalue weighted by atomic mass is 10.1. The first-order chi connectivity index (χ1) is 9.58. The van der Waals surface area contributed by atoms with Gasteiger partial charge in [0.25, 0.3) is 5.56 Å². The monoisotopic (exact) mass is 334 g/mol. The van der Waals surface area contributed by atoms with E-state index in [-0.39, 0.29) is 11.5 Å². The van der Waals surface area contributed by atoms with Crippen LogP contribution in [0.15, 0.2) is 51.9 Å². The normalized spacial score (nSPS) is 10.3. The highest BCUT2D eigenvalue weighted by Gasteiger charge is 2.05. The Morgan fingerprint density at radius 1 is 1.20 bits per heavy atom. The number of aromatic nitrogens is 1. The first-order valence-electron chi connectivity index (χ1n) is 6.33. The van der Waals surface area contributed by atoms with Crippen LogP contribution in [-0.4, -0.2) is 10.5 Å². The van der Waals surface area contributed by atoms with Gasteiger partial charge in [-0.25, -0.2) is 0 Å². The van der Waals surface area contributed by atoms with Crippen LogP contribution in [0.3, 0.4) is 0 Å². The summed E-state index contributed by atoms with van der Waals surface area (Å²) in [6, 6.07) is 10.7. The van der Waals surface area contributed by atoms with E-state index >= 15 is 0 Å². The van der Waals surface area contributed by atoms with Gasteiger partial charge in [-0.1, -0.05) is 28.1 Å². The van der Waals surface area contributed by atoms with Crippen LogP contribution < -0.4 is 10.9 Å². The average Bonchev–Trinajstić information content (AvgIpc) is 2.43. The summed E-state index contributed by atoms with van der Waals surface area (Å²) in [5.74, 6) is -0.103. The Kier molecular flexibility index (Phi) is 4.74. The number of aryl methyl sites for hydroxylation is 1. The summed E-state index contributed by atoms with van der Waals surface area (Å²) in [6.07, 6.45) is 1.96. The van der Waals surface area contributed by atoms with Crippen molar-refractivity contribution in [2.45, 2.75) is 19.9 Å². The molecule has 0 saturated heterocycles. The van der Waals surface area contributed by atoms with Gasteiger partial charge < -0.3 is 9.88 Å². The van der Waals surface area contributed by atoms with Crippen molar-refractivity contribution in [3.63, 3.8) is 0 Å². The highest BCUT2D eigenvalue weighted by Crippen LogP contribution is 2.11. The van der Waals surface area contributed by atoms with Crippen LogP contribution >= 0.6 is 15.9 Å². The molecule has 0 bridgehead atoms. The molecule has 1 N–H and O–H groups in total. The summed E-state index contributed by atoms with van der Waals surface area (Å²) >= 11 is 3.36. The topological polar surface area (TPSA) is 51.1 Å². The number of hydrogen-bond donors (Lipinski definition) is 1. The van der Waals surface area contributed by atoms with Gasteiger partial charge in [0.1, 0.15) is 0 Å². The van der Waals surface area contributed by atoms with Crippen LogP contribution in [0, 0.1) is 0 Å². The van der Waals surface area contributed by atoms with Crippen LogP contribution in [-0.2, 0) is 17.8 Å². The smallest absolute Gasteiger partial charge is 0.250 e. The Balaban J connectivity index is 2.04. The first-order valence-corrected chi connectivity index (χ1v) is 7.12. The summed E-state index contributed by atoms with van der Waals surface area (Å²) in [5.41, 5.74) is 1.50. The average molecular weight is 335 g/mol. The quantitative estimate of drug-likeness (QED) is 0.934. The maximum absolute atomic E-state index is 11.9. The Labute approximate surface area is 125 Å². The van der Waals surface area contributed by atoms with E-state index < -0.39 is 0 Å². The minimum atomic E-state index is -0.103. The minimum absolute atomic E-state index is 0.0709. The van der Waals surface area contributed by atoms with E-state index in [0.717, 1.165) is 10.0 Å². The molecule has 0 aliphatic heterocycles. The van der Waals surface area contributed by atoms with Gasteiger partial charge in [0, 0.05) is 23.3 Å². The van der Waals surface area contributed by atoms with Gasteiger partial charge in [-0.05, 0) is 30.7 Å². The molecule has 2 rings (SSSR count). The van der Waals surface area contributed by atoms with Crippen molar-refractivity contribution in [2.75, 3.05) is 5.32 Å². The molecule has 1 amide bonds. The van der Waals surface area contributed by atoms with Crippen LogP contribution in [0.5, 0.6) is 0 Å². The molecule has 0 unspecified atom stereocenters. The third-order valence-corrected chi connectivity index (χ3v) is 3.41. The molecule has 0 saturated carbocycles. The molecule has 0 atom stereocenters. The second-order valence-corrected chi connectivity index (χ2v) is 5.31. The second-order valence-electron chi connectivity index (χ2n) is 4.39. The van der Waals surface area contributed by atoms with Crippen molar-refractivity contribution in [1.82, 2.24) is 4.57 Å². The highest BCUT2D eigenvalue weighted by molar-refractivity contribution is 9.10. The number of amides is 1. The molecule has 1 aromatic heterocycles. The Hall–Kier alpha value is -1.88. The number of nitrogens with zero attached hydrogens (tertiary/aromatic N) is 1. The molecule has 0 spiro atoms. The zero-order chi connectivity index (χ0) is 14.5. The predicted molar refractivity (Wildman–Crippen MR) is 82.9 cm³/mol. The summed E-state index contributed by atoms with van der Waals surface area (Å²) in [5, 5.41) is 2.80. The van der Waals surface area contributed by atoms with E-state index in [1.54, 1.807) is 16.8 Å². The number of nitrogens with one attached hydrogen (secondary N) is 1.